The molecule has 1 atom stereocenters. The second kappa shape index (κ2) is 11.4. The van der Waals surface area contributed by atoms with Crippen molar-refractivity contribution in [2.45, 2.75) is 46.1 Å². The van der Waals surface area contributed by atoms with Crippen LogP contribution in [-0.2, 0) is 4.79 Å². The first kappa shape index (κ1) is 22.7. The number of nitrogens with one attached hydrogen (secondary N) is 2. The number of piperidine rings is 1. The molecule has 146 valence electrons. The third kappa shape index (κ3) is 6.74. The topological polar surface area (TPSA) is 56.7 Å². The molecule has 1 aromatic rings. The van der Waals surface area contributed by atoms with Crippen LogP contribution >= 0.6 is 24.0 Å². The molecule has 2 N–H and O–H groups in total. The molecule has 1 aliphatic heterocycles. The van der Waals surface area contributed by atoms with E-state index in [4.69, 9.17) is 0 Å². The number of amides is 1. The normalized spacial score (nSPS) is 15.8. The van der Waals surface area contributed by atoms with E-state index in [0.29, 0.717) is 18.1 Å². The summed E-state index contributed by atoms with van der Waals surface area (Å²) in [6, 6.07) is 5.10. The lowest BCUT2D eigenvalue weighted by Gasteiger charge is -2.26. The predicted octanol–water partition coefficient (Wildman–Crippen LogP) is 3.38. The van der Waals surface area contributed by atoms with Crippen LogP contribution in [0.5, 0.6) is 0 Å². The van der Waals surface area contributed by atoms with Crippen molar-refractivity contribution in [2.75, 3.05) is 26.2 Å². The van der Waals surface area contributed by atoms with Gasteiger partial charge in [-0.2, -0.15) is 0 Å². The zero-order valence-electron chi connectivity index (χ0n) is 15.8. The summed E-state index contributed by atoms with van der Waals surface area (Å²) in [5, 5.41) is 6.38. The van der Waals surface area contributed by atoms with Crippen LogP contribution in [0.1, 0.15) is 50.3 Å². The van der Waals surface area contributed by atoms with Crippen molar-refractivity contribution in [3.8, 4) is 0 Å². The number of rotatable bonds is 5. The Kier molecular flexibility index (Phi) is 9.90. The van der Waals surface area contributed by atoms with E-state index in [1.807, 2.05) is 24.8 Å². The highest BCUT2D eigenvalue weighted by atomic mass is 127. The minimum atomic E-state index is -0.214. The molecule has 1 unspecified atom stereocenters. The Labute approximate surface area is 172 Å². The fourth-order valence-corrected chi connectivity index (χ4v) is 2.88. The summed E-state index contributed by atoms with van der Waals surface area (Å²) in [5.41, 5.74) is 1.47. The Hall–Kier alpha value is -1.38. The van der Waals surface area contributed by atoms with Gasteiger partial charge in [0.25, 0.3) is 0 Å². The molecule has 7 heteroatoms. The Morgan fingerprint density at radius 2 is 2.00 bits per heavy atom. The maximum Gasteiger partial charge on any atom is 0.244 e. The Morgan fingerprint density at radius 3 is 2.62 bits per heavy atom. The van der Waals surface area contributed by atoms with Crippen LogP contribution in [0.25, 0.3) is 0 Å². The number of guanidine groups is 1. The molecule has 0 aliphatic carbocycles. The van der Waals surface area contributed by atoms with Gasteiger partial charge in [0.2, 0.25) is 5.91 Å². The van der Waals surface area contributed by atoms with Crippen molar-refractivity contribution in [3.63, 3.8) is 0 Å². The van der Waals surface area contributed by atoms with Crippen LogP contribution in [0.2, 0.25) is 0 Å². The lowest BCUT2D eigenvalue weighted by Crippen LogP contribution is -2.41. The van der Waals surface area contributed by atoms with Crippen LogP contribution in [0.4, 0.5) is 4.39 Å². The summed E-state index contributed by atoms with van der Waals surface area (Å²) in [7, 11) is 0. The molecular formula is C19H30FIN4O. The minimum Gasteiger partial charge on any atom is -0.357 e. The fourth-order valence-electron chi connectivity index (χ4n) is 2.88. The van der Waals surface area contributed by atoms with Gasteiger partial charge in [-0.25, -0.2) is 9.38 Å². The number of halogens is 2. The summed E-state index contributed by atoms with van der Waals surface area (Å²) in [4.78, 5) is 18.5. The smallest absolute Gasteiger partial charge is 0.244 e. The summed E-state index contributed by atoms with van der Waals surface area (Å²) in [6.45, 7) is 8.15. The van der Waals surface area contributed by atoms with E-state index in [-0.39, 0.29) is 48.3 Å². The SMILES string of the molecule is CCNC(=NCC(=O)N1CCCCC1)NC(C)c1ccc(C)c(F)c1.I. The van der Waals surface area contributed by atoms with Gasteiger partial charge in [0.05, 0.1) is 6.04 Å². The van der Waals surface area contributed by atoms with Gasteiger partial charge in [0.1, 0.15) is 12.4 Å². The number of carbonyl (C=O) groups is 1. The molecule has 26 heavy (non-hydrogen) atoms. The summed E-state index contributed by atoms with van der Waals surface area (Å²) in [5.74, 6) is 0.417. The maximum absolute atomic E-state index is 13.8. The molecule has 0 spiro atoms. The third-order valence-electron chi connectivity index (χ3n) is 4.47. The number of nitrogens with zero attached hydrogens (tertiary/aromatic N) is 2. The highest BCUT2D eigenvalue weighted by Gasteiger charge is 2.16. The molecule has 1 heterocycles. The zero-order valence-corrected chi connectivity index (χ0v) is 18.2. The highest BCUT2D eigenvalue weighted by molar-refractivity contribution is 14.0. The highest BCUT2D eigenvalue weighted by Crippen LogP contribution is 2.16. The number of benzene rings is 1. The van der Waals surface area contributed by atoms with E-state index in [1.165, 1.54) is 12.5 Å². The molecule has 0 bridgehead atoms. The van der Waals surface area contributed by atoms with Crippen molar-refractivity contribution in [3.05, 3.63) is 35.1 Å². The molecule has 1 saturated heterocycles. The monoisotopic (exact) mass is 476 g/mol. The predicted molar refractivity (Wildman–Crippen MR) is 115 cm³/mol. The zero-order chi connectivity index (χ0) is 18.2. The largest absolute Gasteiger partial charge is 0.357 e. The Bertz CT molecular complexity index is 618. The second-order valence-corrected chi connectivity index (χ2v) is 6.51. The van der Waals surface area contributed by atoms with Gasteiger partial charge in [-0.1, -0.05) is 12.1 Å². The maximum atomic E-state index is 13.8. The third-order valence-corrected chi connectivity index (χ3v) is 4.47. The van der Waals surface area contributed by atoms with Gasteiger partial charge in [0.15, 0.2) is 5.96 Å². The first-order chi connectivity index (χ1) is 12.0. The Morgan fingerprint density at radius 1 is 1.31 bits per heavy atom. The van der Waals surface area contributed by atoms with Gasteiger partial charge in [-0.05, 0) is 57.2 Å². The van der Waals surface area contributed by atoms with Crippen molar-refractivity contribution in [2.24, 2.45) is 4.99 Å². The first-order valence-corrected chi connectivity index (χ1v) is 9.10. The van der Waals surface area contributed by atoms with E-state index in [9.17, 15) is 9.18 Å². The average molecular weight is 476 g/mol. The van der Waals surface area contributed by atoms with Crippen molar-refractivity contribution < 1.29 is 9.18 Å². The minimum absolute atomic E-state index is 0. The van der Waals surface area contributed by atoms with E-state index in [0.717, 1.165) is 31.5 Å². The molecular weight excluding hydrogens is 446 g/mol. The number of hydrogen-bond acceptors (Lipinski definition) is 2. The van der Waals surface area contributed by atoms with E-state index >= 15 is 0 Å². The standard InChI is InChI=1S/C19H29FN4O.HI/c1-4-21-19(22-13-18(25)24-10-6-5-7-11-24)23-15(3)16-9-8-14(2)17(20)12-16;/h8-9,12,15H,4-7,10-11,13H2,1-3H3,(H2,21,22,23);1H. The van der Waals surface area contributed by atoms with Crippen LogP contribution in [0, 0.1) is 12.7 Å². The number of aryl methyl sites for hydroxylation is 1. The second-order valence-electron chi connectivity index (χ2n) is 6.51. The van der Waals surface area contributed by atoms with Gasteiger partial charge in [-0.3, -0.25) is 4.79 Å². The molecule has 1 fully saturated rings. The van der Waals surface area contributed by atoms with Crippen molar-refractivity contribution in [1.82, 2.24) is 15.5 Å². The Balaban J connectivity index is 0.00000338. The van der Waals surface area contributed by atoms with E-state index < -0.39 is 0 Å². The molecule has 2 rings (SSSR count). The van der Waals surface area contributed by atoms with Gasteiger partial charge >= 0.3 is 0 Å². The summed E-state index contributed by atoms with van der Waals surface area (Å²) >= 11 is 0. The fraction of sp³-hybridized carbons (Fsp3) is 0.579. The lowest BCUT2D eigenvalue weighted by atomic mass is 10.1. The molecule has 5 nitrogen and oxygen atoms in total. The molecule has 0 radical (unpaired) electrons. The van der Waals surface area contributed by atoms with Crippen LogP contribution in [0.3, 0.4) is 0 Å². The first-order valence-electron chi connectivity index (χ1n) is 9.10. The summed E-state index contributed by atoms with van der Waals surface area (Å²) in [6.07, 6.45) is 3.34. The molecule has 1 aliphatic rings. The van der Waals surface area contributed by atoms with Gasteiger partial charge in [-0.15, -0.1) is 24.0 Å². The molecule has 1 aromatic carbocycles. The van der Waals surface area contributed by atoms with E-state index in [2.05, 4.69) is 15.6 Å². The van der Waals surface area contributed by atoms with Crippen molar-refractivity contribution in [1.29, 1.82) is 0 Å². The molecule has 0 saturated carbocycles. The average Bonchev–Trinajstić information content (AvgIpc) is 2.62. The van der Waals surface area contributed by atoms with Crippen LogP contribution < -0.4 is 10.6 Å². The number of carbonyl (C=O) groups excluding carboxylic acids is 1. The van der Waals surface area contributed by atoms with Crippen molar-refractivity contribution >= 4 is 35.8 Å². The quantitative estimate of drug-likeness (QED) is 0.389. The van der Waals surface area contributed by atoms with Gasteiger partial charge in [0, 0.05) is 19.6 Å². The molecule has 0 aromatic heterocycles. The van der Waals surface area contributed by atoms with Gasteiger partial charge < -0.3 is 15.5 Å². The molecule has 1 amide bonds. The van der Waals surface area contributed by atoms with Crippen LogP contribution in [-0.4, -0.2) is 42.9 Å². The van der Waals surface area contributed by atoms with E-state index in [1.54, 1.807) is 13.0 Å². The number of likely N-dealkylation sites (tertiary alicyclic amines) is 1. The number of hydrogen-bond donors (Lipinski definition) is 2. The summed E-state index contributed by atoms with van der Waals surface area (Å²) < 4.78 is 13.8. The lowest BCUT2D eigenvalue weighted by molar-refractivity contribution is -0.130. The number of aliphatic imine (C=N–C) groups is 1. The van der Waals surface area contributed by atoms with Crippen LogP contribution in [0.15, 0.2) is 23.2 Å².